The van der Waals surface area contributed by atoms with Crippen LogP contribution in [0.4, 0.5) is 0 Å². The number of amides is 3. The van der Waals surface area contributed by atoms with E-state index in [0.29, 0.717) is 56.1 Å². The van der Waals surface area contributed by atoms with Gasteiger partial charge in [-0.25, -0.2) is 0 Å². The summed E-state index contributed by atoms with van der Waals surface area (Å²) in [4.78, 5) is 39.5. The van der Waals surface area contributed by atoms with Gasteiger partial charge in [0, 0.05) is 26.1 Å². The van der Waals surface area contributed by atoms with Crippen molar-refractivity contribution in [3.63, 3.8) is 0 Å². The Morgan fingerprint density at radius 1 is 1.26 bits per heavy atom. The molecule has 1 aromatic carbocycles. The van der Waals surface area contributed by atoms with E-state index in [0.717, 1.165) is 5.56 Å². The molecule has 0 fully saturated rings. The zero-order valence-corrected chi connectivity index (χ0v) is 19.9. The van der Waals surface area contributed by atoms with Crippen LogP contribution in [0.3, 0.4) is 0 Å². The number of hydrogen-bond acceptors (Lipinski definition) is 7. The fraction of sp³-hybridized carbons (Fsp3) is 0.522. The molecule has 2 aromatic rings. The summed E-state index contributed by atoms with van der Waals surface area (Å²) in [5.41, 5.74) is 7.80. The molecule has 4 N–H and O–H groups in total. The lowest BCUT2D eigenvalue weighted by Crippen LogP contribution is -2.46. The van der Waals surface area contributed by atoms with Crippen LogP contribution in [0.15, 0.2) is 24.4 Å². The summed E-state index contributed by atoms with van der Waals surface area (Å²) < 4.78 is 7.60. The van der Waals surface area contributed by atoms with Crippen LogP contribution < -0.4 is 21.1 Å². The van der Waals surface area contributed by atoms with E-state index in [2.05, 4.69) is 20.9 Å². The molecule has 1 aliphatic heterocycles. The van der Waals surface area contributed by atoms with Crippen LogP contribution in [0.25, 0.3) is 0 Å². The maximum Gasteiger partial charge on any atom is 0.255 e. The number of hydrogen-bond donors (Lipinski definition) is 3. The van der Waals surface area contributed by atoms with E-state index in [4.69, 9.17) is 10.5 Å². The molecule has 1 aromatic heterocycles. The smallest absolute Gasteiger partial charge is 0.255 e. The average Bonchev–Trinajstić information content (AvgIpc) is 3.24. The minimum atomic E-state index is -0.736. The molecule has 0 saturated carbocycles. The van der Waals surface area contributed by atoms with Crippen LogP contribution in [0.1, 0.15) is 48.3 Å². The van der Waals surface area contributed by atoms with E-state index in [9.17, 15) is 14.4 Å². The molecule has 1 aliphatic rings. The maximum absolute atomic E-state index is 12.8. The van der Waals surface area contributed by atoms with Crippen LogP contribution in [0.5, 0.6) is 5.75 Å². The second kappa shape index (κ2) is 11.6. The summed E-state index contributed by atoms with van der Waals surface area (Å²) >= 11 is 0. The number of nitrogens with zero attached hydrogens (tertiary/aromatic N) is 4. The van der Waals surface area contributed by atoms with E-state index in [-0.39, 0.29) is 24.3 Å². The molecule has 11 heteroatoms. The Bertz CT molecular complexity index is 1020. The molecule has 0 radical (unpaired) electrons. The third kappa shape index (κ3) is 6.77. The summed E-state index contributed by atoms with van der Waals surface area (Å²) in [6.45, 7) is 7.13. The average molecular weight is 472 g/mol. The highest BCUT2D eigenvalue weighted by molar-refractivity contribution is 5.99. The predicted molar refractivity (Wildman–Crippen MR) is 125 cm³/mol. The van der Waals surface area contributed by atoms with Gasteiger partial charge in [-0.1, -0.05) is 11.3 Å². The molecule has 3 amide bonds. The highest BCUT2D eigenvalue weighted by Crippen LogP contribution is 2.21. The summed E-state index contributed by atoms with van der Waals surface area (Å²) in [5, 5.41) is 13.8. The number of nitrogens with two attached hydrogens (primary N) is 1. The Labute approximate surface area is 199 Å². The lowest BCUT2D eigenvalue weighted by atomic mass is 10.1. The first-order valence-electron chi connectivity index (χ1n) is 11.5. The lowest BCUT2D eigenvalue weighted by Gasteiger charge is -2.23. The van der Waals surface area contributed by atoms with Crippen molar-refractivity contribution in [2.75, 3.05) is 19.7 Å². The van der Waals surface area contributed by atoms with E-state index in [1.54, 1.807) is 41.8 Å². The number of aromatic nitrogens is 3. The van der Waals surface area contributed by atoms with E-state index in [1.165, 1.54) is 0 Å². The molecule has 0 unspecified atom stereocenters. The number of nitrogens with one attached hydrogen (secondary N) is 2. The molecule has 3 rings (SSSR count). The van der Waals surface area contributed by atoms with Crippen LogP contribution >= 0.6 is 0 Å². The normalized spacial score (nSPS) is 19.4. The number of benzene rings is 1. The minimum absolute atomic E-state index is 0.200. The largest absolute Gasteiger partial charge is 0.493 e. The number of carbonyl (C=O) groups is 3. The van der Waals surface area contributed by atoms with Crippen molar-refractivity contribution in [2.45, 2.75) is 58.8 Å². The standard InChI is InChI=1S/C23H33N7O4/c1-15-6-7-19-20(12-15)34-11-5-10-30-14-18(27-28-30)13-29(23(33)16(2)24)9-4-8-25-21(31)17(3)26-22(19)32/h6-7,12,14,16-17H,4-5,8-11,13,24H2,1-3H3,(H,25,31)(H,26,32)/t16-,17-/m1/s1. The number of aryl methyl sites for hydroxylation is 2. The summed E-state index contributed by atoms with van der Waals surface area (Å²) in [6.07, 6.45) is 2.96. The number of ether oxygens (including phenoxy) is 1. The zero-order chi connectivity index (χ0) is 24.7. The van der Waals surface area contributed by atoms with Gasteiger partial charge in [-0.3, -0.25) is 19.1 Å². The maximum atomic E-state index is 12.8. The van der Waals surface area contributed by atoms with Crippen molar-refractivity contribution in [1.29, 1.82) is 0 Å². The molecular formula is C23H33N7O4. The third-order valence-electron chi connectivity index (χ3n) is 5.46. The van der Waals surface area contributed by atoms with Crippen molar-refractivity contribution in [3.8, 4) is 5.75 Å². The highest BCUT2D eigenvalue weighted by atomic mass is 16.5. The van der Waals surface area contributed by atoms with Crippen molar-refractivity contribution >= 4 is 17.7 Å². The number of carbonyl (C=O) groups excluding carboxylic acids is 3. The molecule has 2 atom stereocenters. The Morgan fingerprint density at radius 2 is 2.06 bits per heavy atom. The first-order chi connectivity index (χ1) is 16.2. The van der Waals surface area contributed by atoms with Crippen LogP contribution in [0, 0.1) is 6.92 Å². The molecule has 2 heterocycles. The van der Waals surface area contributed by atoms with Gasteiger partial charge in [0.05, 0.1) is 31.0 Å². The lowest BCUT2D eigenvalue weighted by molar-refractivity contribution is -0.132. The van der Waals surface area contributed by atoms with Gasteiger partial charge < -0.3 is 26.0 Å². The summed E-state index contributed by atoms with van der Waals surface area (Å²) in [5.74, 6) is -0.430. The topological polar surface area (TPSA) is 144 Å². The van der Waals surface area contributed by atoms with Gasteiger partial charge in [0.25, 0.3) is 5.91 Å². The molecule has 0 saturated heterocycles. The first kappa shape index (κ1) is 25.2. The molecular weight excluding hydrogens is 438 g/mol. The Hall–Kier alpha value is -3.47. The summed E-state index contributed by atoms with van der Waals surface area (Å²) in [7, 11) is 0. The number of rotatable bonds is 1. The Kier molecular flexibility index (Phi) is 8.58. The van der Waals surface area contributed by atoms with Crippen LogP contribution in [-0.4, -0.2) is 69.4 Å². The fourth-order valence-corrected chi connectivity index (χ4v) is 3.59. The number of fused-ring (bicyclic) bond motifs is 3. The van der Waals surface area contributed by atoms with E-state index in [1.807, 2.05) is 13.0 Å². The van der Waals surface area contributed by atoms with Gasteiger partial charge in [-0.2, -0.15) is 0 Å². The monoisotopic (exact) mass is 471 g/mol. The van der Waals surface area contributed by atoms with Gasteiger partial charge >= 0.3 is 0 Å². The van der Waals surface area contributed by atoms with Crippen LogP contribution in [0.2, 0.25) is 0 Å². The Balaban J connectivity index is 1.78. The molecule has 0 spiro atoms. The molecule has 0 aliphatic carbocycles. The second-order valence-corrected chi connectivity index (χ2v) is 8.56. The van der Waals surface area contributed by atoms with Crippen molar-refractivity contribution in [3.05, 3.63) is 41.2 Å². The molecule has 184 valence electrons. The third-order valence-corrected chi connectivity index (χ3v) is 5.46. The van der Waals surface area contributed by atoms with Gasteiger partial charge in [-0.05, 0) is 44.9 Å². The summed E-state index contributed by atoms with van der Waals surface area (Å²) in [6, 6.07) is 3.94. The van der Waals surface area contributed by atoms with Crippen molar-refractivity contribution in [1.82, 2.24) is 30.5 Å². The quantitative estimate of drug-likeness (QED) is 0.545. The molecule has 2 bridgehead atoms. The van der Waals surface area contributed by atoms with Gasteiger partial charge in [0.2, 0.25) is 11.8 Å². The first-order valence-corrected chi connectivity index (χ1v) is 11.5. The van der Waals surface area contributed by atoms with Crippen molar-refractivity contribution in [2.24, 2.45) is 5.73 Å². The van der Waals surface area contributed by atoms with Gasteiger partial charge in [-0.15, -0.1) is 5.10 Å². The fourth-order valence-electron chi connectivity index (χ4n) is 3.59. The van der Waals surface area contributed by atoms with E-state index >= 15 is 0 Å². The molecule has 34 heavy (non-hydrogen) atoms. The SMILES string of the molecule is Cc1ccc2c(c1)OCCCn1cc(nn1)CN(C(=O)[C@@H](C)N)CCCNC(=O)[C@@H](C)NC2=O. The second-order valence-electron chi connectivity index (χ2n) is 8.56. The zero-order valence-electron chi connectivity index (χ0n) is 19.9. The predicted octanol–water partition coefficient (Wildman–Crippen LogP) is 0.370. The van der Waals surface area contributed by atoms with E-state index < -0.39 is 12.1 Å². The van der Waals surface area contributed by atoms with Gasteiger partial charge in [0.15, 0.2) is 0 Å². The van der Waals surface area contributed by atoms with Crippen LogP contribution in [-0.2, 0) is 22.7 Å². The minimum Gasteiger partial charge on any atom is -0.493 e. The molecule has 11 nitrogen and oxygen atoms in total. The van der Waals surface area contributed by atoms with Crippen molar-refractivity contribution < 1.29 is 19.1 Å². The highest BCUT2D eigenvalue weighted by Gasteiger charge is 2.21. The Morgan fingerprint density at radius 3 is 2.82 bits per heavy atom. The van der Waals surface area contributed by atoms with Gasteiger partial charge in [0.1, 0.15) is 17.5 Å².